The number of rotatable bonds is 3. The molecule has 0 unspecified atom stereocenters. The van der Waals surface area contributed by atoms with Crippen molar-refractivity contribution in [2.24, 2.45) is 0 Å². The van der Waals surface area contributed by atoms with Crippen LogP contribution in [0.2, 0.25) is 0 Å². The van der Waals surface area contributed by atoms with Crippen LogP contribution in [0.5, 0.6) is 5.75 Å². The number of carbonyl (C=O) groups is 1. The second-order valence-corrected chi connectivity index (χ2v) is 5.64. The van der Waals surface area contributed by atoms with Gasteiger partial charge in [-0.25, -0.2) is 0 Å². The molecule has 0 spiro atoms. The van der Waals surface area contributed by atoms with Crippen molar-refractivity contribution < 1.29 is 9.90 Å². The molecule has 1 amide bonds. The topological polar surface area (TPSA) is 62.2 Å². The lowest BCUT2D eigenvalue weighted by molar-refractivity contribution is 0.102. The van der Waals surface area contributed by atoms with Gasteiger partial charge in [-0.1, -0.05) is 30.3 Å². The fourth-order valence-corrected chi connectivity index (χ4v) is 2.76. The maximum Gasteiger partial charge on any atom is 0.274 e. The van der Waals surface area contributed by atoms with Crippen molar-refractivity contribution in [3.63, 3.8) is 0 Å². The molecule has 24 heavy (non-hydrogen) atoms. The van der Waals surface area contributed by atoms with Crippen LogP contribution in [-0.4, -0.2) is 16.0 Å². The van der Waals surface area contributed by atoms with E-state index in [1.54, 1.807) is 36.5 Å². The number of aromatic nitrogens is 1. The predicted molar refractivity (Wildman–Crippen MR) is 95.2 cm³/mol. The molecule has 2 aromatic carbocycles. The Balaban J connectivity index is 2.08. The Bertz CT molecular complexity index is 869. The summed E-state index contributed by atoms with van der Waals surface area (Å²) >= 11 is 0. The number of phenols is 1. The second kappa shape index (κ2) is 6.54. The Morgan fingerprint density at radius 3 is 2.29 bits per heavy atom. The van der Waals surface area contributed by atoms with E-state index < -0.39 is 0 Å². The smallest absolute Gasteiger partial charge is 0.274 e. The first kappa shape index (κ1) is 15.7. The lowest BCUT2D eigenvalue weighted by Crippen LogP contribution is -2.14. The molecule has 0 fully saturated rings. The molecule has 4 heteroatoms. The quantitative estimate of drug-likeness (QED) is 0.756. The van der Waals surface area contributed by atoms with E-state index in [9.17, 15) is 9.90 Å². The number of anilines is 1. The van der Waals surface area contributed by atoms with Crippen molar-refractivity contribution in [2.75, 3.05) is 5.32 Å². The zero-order valence-corrected chi connectivity index (χ0v) is 13.6. The van der Waals surface area contributed by atoms with Gasteiger partial charge in [0.1, 0.15) is 11.4 Å². The summed E-state index contributed by atoms with van der Waals surface area (Å²) in [5.41, 5.74) is 4.45. The van der Waals surface area contributed by atoms with Crippen molar-refractivity contribution in [2.45, 2.75) is 13.8 Å². The normalized spacial score (nSPS) is 10.4. The highest BCUT2D eigenvalue weighted by Gasteiger charge is 2.16. The summed E-state index contributed by atoms with van der Waals surface area (Å²) in [5, 5.41) is 13.2. The molecule has 0 aliphatic rings. The number of phenolic OH excluding ortho intramolecular Hbond substituents is 1. The summed E-state index contributed by atoms with van der Waals surface area (Å²) in [4.78, 5) is 16.5. The first-order chi connectivity index (χ1) is 11.6. The molecule has 0 atom stereocenters. The summed E-state index contributed by atoms with van der Waals surface area (Å²) in [7, 11) is 0. The molecular formula is C20H18N2O2. The molecule has 3 aromatic rings. The van der Waals surface area contributed by atoms with Crippen LogP contribution in [0.15, 0.2) is 60.8 Å². The Labute approximate surface area is 140 Å². The zero-order chi connectivity index (χ0) is 17.1. The average Bonchev–Trinajstić information content (AvgIpc) is 2.57. The van der Waals surface area contributed by atoms with Gasteiger partial charge < -0.3 is 10.4 Å². The number of aryl methyl sites for hydroxylation is 2. The van der Waals surface area contributed by atoms with Crippen molar-refractivity contribution >= 4 is 11.6 Å². The first-order valence-corrected chi connectivity index (χ1v) is 7.69. The maximum atomic E-state index is 12.4. The minimum absolute atomic E-state index is 0.192. The summed E-state index contributed by atoms with van der Waals surface area (Å²) in [5.74, 6) is -0.0897. The molecule has 4 nitrogen and oxygen atoms in total. The predicted octanol–water partition coefficient (Wildman–Crippen LogP) is 4.32. The van der Waals surface area contributed by atoms with Crippen LogP contribution in [0.1, 0.15) is 21.6 Å². The molecular weight excluding hydrogens is 300 g/mol. The SMILES string of the molecule is Cc1cccc(O)c1-c1c(C)cccc1NC(=O)c1ccccn1. The highest BCUT2D eigenvalue weighted by atomic mass is 16.3. The van der Waals surface area contributed by atoms with Crippen LogP contribution in [-0.2, 0) is 0 Å². The molecule has 1 heterocycles. The number of nitrogens with one attached hydrogen (secondary N) is 1. The highest BCUT2D eigenvalue weighted by molar-refractivity contribution is 6.05. The van der Waals surface area contributed by atoms with Gasteiger partial charge in [0.25, 0.3) is 5.91 Å². The van der Waals surface area contributed by atoms with Crippen molar-refractivity contribution in [3.05, 3.63) is 77.6 Å². The molecule has 0 saturated heterocycles. The number of nitrogens with zero attached hydrogens (tertiary/aromatic N) is 1. The van der Waals surface area contributed by atoms with Crippen LogP contribution in [0.4, 0.5) is 5.69 Å². The van der Waals surface area contributed by atoms with E-state index in [1.165, 1.54) is 0 Å². The molecule has 0 saturated carbocycles. The molecule has 2 N–H and O–H groups in total. The fraction of sp³-hybridized carbons (Fsp3) is 0.100. The number of carbonyl (C=O) groups excluding carboxylic acids is 1. The Hall–Kier alpha value is -3.14. The Morgan fingerprint density at radius 1 is 0.917 bits per heavy atom. The average molecular weight is 318 g/mol. The summed E-state index contributed by atoms with van der Waals surface area (Å²) in [6, 6.07) is 16.3. The largest absolute Gasteiger partial charge is 0.507 e. The minimum Gasteiger partial charge on any atom is -0.507 e. The van der Waals surface area contributed by atoms with Crippen LogP contribution in [0.3, 0.4) is 0 Å². The van der Waals surface area contributed by atoms with E-state index in [4.69, 9.17) is 0 Å². The monoisotopic (exact) mass is 318 g/mol. The number of pyridine rings is 1. The third-order valence-corrected chi connectivity index (χ3v) is 3.92. The number of hydrogen-bond donors (Lipinski definition) is 2. The van der Waals surface area contributed by atoms with Gasteiger partial charge in [-0.15, -0.1) is 0 Å². The van der Waals surface area contributed by atoms with Crippen LogP contribution in [0.25, 0.3) is 11.1 Å². The summed E-state index contributed by atoms with van der Waals surface area (Å²) in [6.07, 6.45) is 1.58. The van der Waals surface area contributed by atoms with Gasteiger partial charge >= 0.3 is 0 Å². The summed E-state index contributed by atoms with van der Waals surface area (Å²) < 4.78 is 0. The Morgan fingerprint density at radius 2 is 1.62 bits per heavy atom. The molecule has 120 valence electrons. The molecule has 0 aliphatic carbocycles. The molecule has 1 aromatic heterocycles. The minimum atomic E-state index is -0.282. The molecule has 0 radical (unpaired) electrons. The van der Waals surface area contributed by atoms with Gasteiger partial charge in [0, 0.05) is 23.0 Å². The summed E-state index contributed by atoms with van der Waals surface area (Å²) in [6.45, 7) is 3.89. The number of benzene rings is 2. The molecule has 0 bridgehead atoms. The van der Waals surface area contributed by atoms with Crippen molar-refractivity contribution in [1.29, 1.82) is 0 Å². The maximum absolute atomic E-state index is 12.4. The van der Waals surface area contributed by atoms with Crippen molar-refractivity contribution in [3.8, 4) is 16.9 Å². The van der Waals surface area contributed by atoms with E-state index in [1.807, 2.05) is 38.1 Å². The standard InChI is InChI=1S/C20H18N2O2/c1-13-7-5-10-15(22-20(24)16-9-3-4-12-21-16)18(13)19-14(2)8-6-11-17(19)23/h3-12,23H,1-2H3,(H,22,24). The van der Waals surface area contributed by atoms with E-state index in [0.717, 1.165) is 22.3 Å². The zero-order valence-electron chi connectivity index (χ0n) is 13.6. The second-order valence-electron chi connectivity index (χ2n) is 5.64. The Kier molecular flexibility index (Phi) is 4.29. The van der Waals surface area contributed by atoms with Crippen molar-refractivity contribution in [1.82, 2.24) is 4.98 Å². The van der Waals surface area contributed by atoms with E-state index in [-0.39, 0.29) is 11.7 Å². The van der Waals surface area contributed by atoms with Gasteiger partial charge in [-0.2, -0.15) is 0 Å². The lowest BCUT2D eigenvalue weighted by Gasteiger charge is -2.17. The molecule has 3 rings (SSSR count). The fourth-order valence-electron chi connectivity index (χ4n) is 2.76. The van der Waals surface area contributed by atoms with Gasteiger partial charge in [0.05, 0.1) is 0 Å². The highest BCUT2D eigenvalue weighted by Crippen LogP contribution is 2.39. The van der Waals surface area contributed by atoms with Gasteiger partial charge in [0.2, 0.25) is 0 Å². The number of amides is 1. The third-order valence-electron chi connectivity index (χ3n) is 3.92. The lowest BCUT2D eigenvalue weighted by atomic mass is 9.94. The van der Waals surface area contributed by atoms with Gasteiger partial charge in [-0.3, -0.25) is 9.78 Å². The molecule has 0 aliphatic heterocycles. The van der Waals surface area contributed by atoms with E-state index >= 15 is 0 Å². The van der Waals surface area contributed by atoms with Crippen LogP contribution < -0.4 is 5.32 Å². The van der Waals surface area contributed by atoms with Gasteiger partial charge in [-0.05, 0) is 49.2 Å². The van der Waals surface area contributed by atoms with E-state index in [2.05, 4.69) is 10.3 Å². The van der Waals surface area contributed by atoms with Gasteiger partial charge in [0.15, 0.2) is 0 Å². The van der Waals surface area contributed by atoms with Crippen LogP contribution >= 0.6 is 0 Å². The first-order valence-electron chi connectivity index (χ1n) is 7.69. The van der Waals surface area contributed by atoms with Crippen LogP contribution in [0, 0.1) is 13.8 Å². The number of hydrogen-bond acceptors (Lipinski definition) is 3. The number of aromatic hydroxyl groups is 1. The van der Waals surface area contributed by atoms with E-state index in [0.29, 0.717) is 11.4 Å². The third kappa shape index (κ3) is 2.99.